The second-order valence-corrected chi connectivity index (χ2v) is 3.31. The zero-order valence-corrected chi connectivity index (χ0v) is 9.61. The van der Waals surface area contributed by atoms with E-state index in [1.807, 2.05) is 0 Å². The van der Waals surface area contributed by atoms with Crippen LogP contribution < -0.4 is 0 Å². The molecule has 16 heavy (non-hydrogen) atoms. The highest BCUT2D eigenvalue weighted by Crippen LogP contribution is 2.12. The minimum absolute atomic E-state index is 0.0616. The van der Waals surface area contributed by atoms with Crippen LogP contribution in [0.1, 0.15) is 27.2 Å². The number of carbonyl (C=O) groups excluding carboxylic acids is 3. The molecule has 0 aliphatic carbocycles. The molecule has 0 saturated heterocycles. The molecule has 0 aromatic carbocycles. The van der Waals surface area contributed by atoms with Gasteiger partial charge < -0.3 is 14.6 Å². The summed E-state index contributed by atoms with van der Waals surface area (Å²) in [6, 6.07) is 0. The first-order valence-corrected chi connectivity index (χ1v) is 4.94. The van der Waals surface area contributed by atoms with Crippen LogP contribution in [0, 0.1) is 0 Å². The summed E-state index contributed by atoms with van der Waals surface area (Å²) in [5, 5.41) is 9.60. The van der Waals surface area contributed by atoms with E-state index < -0.39 is 29.7 Å². The van der Waals surface area contributed by atoms with Crippen molar-refractivity contribution in [1.82, 2.24) is 0 Å². The molecule has 0 spiro atoms. The van der Waals surface area contributed by atoms with Gasteiger partial charge in [0.2, 0.25) is 5.78 Å². The molecule has 0 radical (unpaired) electrons. The number of ketones is 1. The molecular weight excluding hydrogens is 216 g/mol. The first kappa shape index (κ1) is 14.6. The third-order valence-electron chi connectivity index (χ3n) is 1.72. The van der Waals surface area contributed by atoms with Gasteiger partial charge in [-0.05, 0) is 20.8 Å². The summed E-state index contributed by atoms with van der Waals surface area (Å²) in [7, 11) is 0. The Morgan fingerprint density at radius 2 is 1.62 bits per heavy atom. The lowest BCUT2D eigenvalue weighted by Crippen LogP contribution is -2.40. The van der Waals surface area contributed by atoms with Crippen LogP contribution in [0.3, 0.4) is 0 Å². The normalized spacial score (nSPS) is 13.8. The molecule has 0 aliphatic rings. The van der Waals surface area contributed by atoms with E-state index in [1.54, 1.807) is 13.8 Å². The summed E-state index contributed by atoms with van der Waals surface area (Å²) in [5.41, 5.74) is -2.00. The Balaban J connectivity index is 4.41. The second kappa shape index (κ2) is 6.22. The maximum atomic E-state index is 11.2. The molecule has 6 nitrogen and oxygen atoms in total. The highest BCUT2D eigenvalue weighted by atomic mass is 16.6. The van der Waals surface area contributed by atoms with Gasteiger partial charge >= 0.3 is 11.9 Å². The van der Waals surface area contributed by atoms with Gasteiger partial charge in [-0.25, -0.2) is 9.59 Å². The molecule has 0 aromatic rings. The molecule has 0 saturated carbocycles. The molecule has 0 bridgehead atoms. The van der Waals surface area contributed by atoms with Crippen molar-refractivity contribution >= 4 is 17.7 Å². The Labute approximate surface area is 93.5 Å². The maximum absolute atomic E-state index is 11.2. The van der Waals surface area contributed by atoms with E-state index in [4.69, 9.17) is 0 Å². The Morgan fingerprint density at radius 3 is 2.06 bits per heavy atom. The van der Waals surface area contributed by atoms with Crippen LogP contribution in [0.25, 0.3) is 0 Å². The smallest absolute Gasteiger partial charge is 0.374 e. The van der Waals surface area contributed by atoms with Crippen molar-refractivity contribution in [3.05, 3.63) is 0 Å². The molecule has 0 unspecified atom stereocenters. The highest BCUT2D eigenvalue weighted by Gasteiger charge is 2.36. The Bertz CT molecular complexity index is 281. The zero-order valence-electron chi connectivity index (χ0n) is 9.61. The summed E-state index contributed by atoms with van der Waals surface area (Å²) in [6.45, 7) is 4.38. The van der Waals surface area contributed by atoms with E-state index >= 15 is 0 Å². The van der Waals surface area contributed by atoms with Gasteiger partial charge in [0.15, 0.2) is 5.60 Å². The standard InChI is InChI=1S/C10H16O6/c1-4-15-8(12)7(11)6-10(3,14)9(13)16-5-2/h14H,4-6H2,1-3H3/t10-/m0/s1. The average Bonchev–Trinajstić information content (AvgIpc) is 2.17. The fourth-order valence-electron chi connectivity index (χ4n) is 0.955. The van der Waals surface area contributed by atoms with E-state index in [1.165, 1.54) is 0 Å². The maximum Gasteiger partial charge on any atom is 0.374 e. The van der Waals surface area contributed by atoms with Gasteiger partial charge in [-0.1, -0.05) is 0 Å². The van der Waals surface area contributed by atoms with E-state index in [-0.39, 0.29) is 13.2 Å². The van der Waals surface area contributed by atoms with Crippen LogP contribution in [-0.2, 0) is 23.9 Å². The van der Waals surface area contributed by atoms with Gasteiger partial charge in [-0.15, -0.1) is 0 Å². The molecule has 0 amide bonds. The van der Waals surface area contributed by atoms with Crippen LogP contribution in [0.4, 0.5) is 0 Å². The van der Waals surface area contributed by atoms with Gasteiger partial charge in [-0.2, -0.15) is 0 Å². The van der Waals surface area contributed by atoms with Crippen molar-refractivity contribution in [3.8, 4) is 0 Å². The van der Waals surface area contributed by atoms with Gasteiger partial charge in [0.25, 0.3) is 0 Å². The van der Waals surface area contributed by atoms with Crippen LogP contribution in [0.15, 0.2) is 0 Å². The third kappa shape index (κ3) is 4.39. The summed E-state index contributed by atoms with van der Waals surface area (Å²) < 4.78 is 8.99. The number of hydrogen-bond acceptors (Lipinski definition) is 6. The van der Waals surface area contributed by atoms with Crippen LogP contribution >= 0.6 is 0 Å². The molecule has 1 N–H and O–H groups in total. The number of aliphatic hydroxyl groups is 1. The summed E-state index contributed by atoms with van der Waals surface area (Å²) in [5.74, 6) is -2.96. The predicted molar refractivity (Wildman–Crippen MR) is 53.5 cm³/mol. The largest absolute Gasteiger partial charge is 0.464 e. The summed E-state index contributed by atoms with van der Waals surface area (Å²) in [6.07, 6.45) is -0.648. The van der Waals surface area contributed by atoms with Gasteiger partial charge in [0.1, 0.15) is 0 Å². The lowest BCUT2D eigenvalue weighted by Gasteiger charge is -2.19. The molecule has 1 atom stereocenters. The topological polar surface area (TPSA) is 89.9 Å². The van der Waals surface area contributed by atoms with Gasteiger partial charge in [0, 0.05) is 0 Å². The average molecular weight is 232 g/mol. The fourth-order valence-corrected chi connectivity index (χ4v) is 0.955. The minimum Gasteiger partial charge on any atom is -0.464 e. The number of hydrogen-bond donors (Lipinski definition) is 1. The van der Waals surface area contributed by atoms with E-state index in [2.05, 4.69) is 9.47 Å². The van der Waals surface area contributed by atoms with Crippen LogP contribution in [0.2, 0.25) is 0 Å². The molecule has 0 rings (SSSR count). The molecule has 92 valence electrons. The Kier molecular flexibility index (Phi) is 5.66. The number of esters is 2. The number of ether oxygens (including phenoxy) is 2. The van der Waals surface area contributed by atoms with Crippen molar-refractivity contribution in [1.29, 1.82) is 0 Å². The second-order valence-electron chi connectivity index (χ2n) is 3.31. The number of carbonyl (C=O) groups is 3. The molecular formula is C10H16O6. The Hall–Kier alpha value is -1.43. The predicted octanol–water partition coefficient (Wildman–Crippen LogP) is -0.177. The van der Waals surface area contributed by atoms with Crippen molar-refractivity contribution in [2.45, 2.75) is 32.8 Å². The highest BCUT2D eigenvalue weighted by molar-refractivity contribution is 6.34. The quantitative estimate of drug-likeness (QED) is 0.505. The number of rotatable bonds is 6. The first-order chi connectivity index (χ1) is 7.35. The zero-order chi connectivity index (χ0) is 12.8. The van der Waals surface area contributed by atoms with E-state index in [9.17, 15) is 19.5 Å². The summed E-state index contributed by atoms with van der Waals surface area (Å²) in [4.78, 5) is 33.4. The third-order valence-corrected chi connectivity index (χ3v) is 1.72. The molecule has 6 heteroatoms. The monoisotopic (exact) mass is 232 g/mol. The Morgan fingerprint density at radius 1 is 1.12 bits per heavy atom. The molecule has 0 aromatic heterocycles. The van der Waals surface area contributed by atoms with Gasteiger partial charge in [0.05, 0.1) is 19.6 Å². The van der Waals surface area contributed by atoms with Crippen molar-refractivity contribution in [2.75, 3.05) is 13.2 Å². The summed E-state index contributed by atoms with van der Waals surface area (Å²) >= 11 is 0. The SMILES string of the molecule is CCOC(=O)C(=O)C[C@](C)(O)C(=O)OCC. The molecule has 0 heterocycles. The van der Waals surface area contributed by atoms with Crippen molar-refractivity contribution < 1.29 is 29.0 Å². The van der Waals surface area contributed by atoms with Gasteiger partial charge in [-0.3, -0.25) is 4.79 Å². The van der Waals surface area contributed by atoms with Crippen LogP contribution in [-0.4, -0.2) is 41.6 Å². The lowest BCUT2D eigenvalue weighted by molar-refractivity contribution is -0.167. The van der Waals surface area contributed by atoms with E-state index in [0.29, 0.717) is 0 Å². The fraction of sp³-hybridized carbons (Fsp3) is 0.700. The number of Topliss-reactive ketones (excluding diaryl/α,β-unsaturated/α-hetero) is 1. The van der Waals surface area contributed by atoms with Crippen LogP contribution in [0.5, 0.6) is 0 Å². The minimum atomic E-state index is -2.00. The lowest BCUT2D eigenvalue weighted by atomic mass is 10.00. The van der Waals surface area contributed by atoms with Crippen molar-refractivity contribution in [3.63, 3.8) is 0 Å². The van der Waals surface area contributed by atoms with Crippen molar-refractivity contribution in [2.24, 2.45) is 0 Å². The first-order valence-electron chi connectivity index (χ1n) is 4.94. The molecule has 0 fully saturated rings. The molecule has 0 aliphatic heterocycles. The van der Waals surface area contributed by atoms with E-state index in [0.717, 1.165) is 6.92 Å².